The topological polar surface area (TPSA) is 95.4 Å². The number of nitrogens with zero attached hydrogens (tertiary/aromatic N) is 2. The van der Waals surface area contributed by atoms with E-state index in [1.54, 1.807) is 28.1 Å². The maximum absolute atomic E-state index is 12.8. The highest BCUT2D eigenvalue weighted by Gasteiger charge is 2.23. The smallest absolute Gasteiger partial charge is 0.266 e. The summed E-state index contributed by atoms with van der Waals surface area (Å²) in [5.74, 6) is 1.40. The Labute approximate surface area is 169 Å². The number of carbonyl (C=O) groups is 1. The second kappa shape index (κ2) is 8.39. The van der Waals surface area contributed by atoms with Crippen LogP contribution < -0.4 is 15.0 Å². The van der Waals surface area contributed by atoms with Crippen LogP contribution in [0.4, 0.5) is 0 Å². The fraction of sp³-hybridized carbons (Fsp3) is 0.409. The number of nitrogens with one attached hydrogen (secondary N) is 1. The van der Waals surface area contributed by atoms with Gasteiger partial charge in [-0.3, -0.25) is 9.59 Å². The number of hydrogen-bond donors (Lipinski definition) is 1. The molecule has 1 aliphatic heterocycles. The third-order valence-corrected chi connectivity index (χ3v) is 5.58. The van der Waals surface area contributed by atoms with Gasteiger partial charge in [0, 0.05) is 25.2 Å². The number of pyridine rings is 1. The number of H-pyrrole nitrogens is 1. The van der Waals surface area contributed by atoms with Crippen LogP contribution in [0.1, 0.15) is 39.9 Å². The summed E-state index contributed by atoms with van der Waals surface area (Å²) in [6.07, 6.45) is 1.56. The number of rotatable bonds is 5. The molecule has 2 aromatic rings. The summed E-state index contributed by atoms with van der Waals surface area (Å²) in [7, 11) is 3.21. The van der Waals surface area contributed by atoms with Gasteiger partial charge in [-0.05, 0) is 61.1 Å². The summed E-state index contributed by atoms with van der Waals surface area (Å²) < 4.78 is 10.7. The first-order chi connectivity index (χ1) is 13.9. The summed E-state index contributed by atoms with van der Waals surface area (Å²) in [5.41, 5.74) is 4.18. The normalized spacial score (nSPS) is 12.9. The van der Waals surface area contributed by atoms with Crippen molar-refractivity contribution in [3.05, 3.63) is 56.0 Å². The summed E-state index contributed by atoms with van der Waals surface area (Å²) in [4.78, 5) is 29.3. The zero-order valence-corrected chi connectivity index (χ0v) is 17.2. The van der Waals surface area contributed by atoms with Gasteiger partial charge < -0.3 is 19.4 Å². The lowest BCUT2D eigenvalue weighted by Gasteiger charge is -2.30. The van der Waals surface area contributed by atoms with Gasteiger partial charge in [-0.2, -0.15) is 5.26 Å². The Morgan fingerprint density at radius 1 is 1.21 bits per heavy atom. The molecule has 7 heteroatoms. The molecule has 1 aromatic heterocycles. The van der Waals surface area contributed by atoms with E-state index in [4.69, 9.17) is 9.47 Å². The average Bonchev–Trinajstić information content (AvgIpc) is 2.71. The zero-order chi connectivity index (χ0) is 21.1. The fourth-order valence-corrected chi connectivity index (χ4v) is 3.91. The molecule has 1 amide bonds. The quantitative estimate of drug-likeness (QED) is 0.839. The summed E-state index contributed by atoms with van der Waals surface area (Å²) in [5, 5.41) is 9.20. The van der Waals surface area contributed by atoms with Gasteiger partial charge in [-0.1, -0.05) is 0 Å². The summed E-state index contributed by atoms with van der Waals surface area (Å²) in [6.45, 7) is 4.74. The van der Waals surface area contributed by atoms with Crippen LogP contribution in [0.15, 0.2) is 16.9 Å². The number of hydrogen-bond acceptors (Lipinski definition) is 5. The summed E-state index contributed by atoms with van der Waals surface area (Å²) >= 11 is 0. The molecule has 7 nitrogen and oxygen atoms in total. The van der Waals surface area contributed by atoms with E-state index >= 15 is 0 Å². The Kier molecular flexibility index (Phi) is 5.92. The molecule has 152 valence electrons. The number of amides is 1. The number of methoxy groups -OCH3 is 2. The lowest BCUT2D eigenvalue weighted by molar-refractivity contribution is -0.132. The molecule has 29 heavy (non-hydrogen) atoms. The van der Waals surface area contributed by atoms with Gasteiger partial charge >= 0.3 is 0 Å². The molecular weight excluding hydrogens is 370 g/mol. The highest BCUT2D eigenvalue weighted by molar-refractivity contribution is 5.77. The van der Waals surface area contributed by atoms with E-state index in [-0.39, 0.29) is 17.0 Å². The highest BCUT2D eigenvalue weighted by atomic mass is 16.5. The van der Waals surface area contributed by atoms with Crippen molar-refractivity contribution < 1.29 is 14.3 Å². The Bertz CT molecular complexity index is 1050. The Hall–Kier alpha value is -3.27. The van der Waals surface area contributed by atoms with Gasteiger partial charge in [-0.25, -0.2) is 0 Å². The average molecular weight is 395 g/mol. The number of ether oxygens (including phenoxy) is 2. The lowest BCUT2D eigenvalue weighted by Crippen LogP contribution is -2.36. The molecule has 2 heterocycles. The van der Waals surface area contributed by atoms with Crippen LogP contribution in [0.25, 0.3) is 0 Å². The van der Waals surface area contributed by atoms with E-state index < -0.39 is 0 Å². The molecule has 1 aromatic carbocycles. The minimum absolute atomic E-state index is 0.0499. The van der Waals surface area contributed by atoms with E-state index in [1.807, 2.05) is 23.1 Å². The highest BCUT2D eigenvalue weighted by Crippen LogP contribution is 2.33. The number of aryl methyl sites for hydroxylation is 1. The molecule has 0 spiro atoms. The first kappa shape index (κ1) is 20.5. The standard InChI is InChI=1S/C22H25N3O4/c1-13-17(14(2)24-22(27)18(13)11-23)5-6-21(26)25-8-7-15-9-19(28-3)20(29-4)10-16(15)12-25/h9-10H,5-8,12H2,1-4H3,(H,24,27). The van der Waals surface area contributed by atoms with Crippen molar-refractivity contribution in [2.24, 2.45) is 0 Å². The molecular formula is C22H25N3O4. The first-order valence-electron chi connectivity index (χ1n) is 9.53. The molecule has 0 unspecified atom stereocenters. The van der Waals surface area contributed by atoms with E-state index in [1.165, 1.54) is 0 Å². The molecule has 0 radical (unpaired) electrons. The maximum atomic E-state index is 12.8. The van der Waals surface area contributed by atoms with Gasteiger partial charge in [-0.15, -0.1) is 0 Å². The van der Waals surface area contributed by atoms with Crippen LogP contribution in [-0.2, 0) is 24.2 Å². The monoisotopic (exact) mass is 395 g/mol. The van der Waals surface area contributed by atoms with E-state index in [0.29, 0.717) is 48.7 Å². The van der Waals surface area contributed by atoms with Crippen LogP contribution in [0.2, 0.25) is 0 Å². The van der Waals surface area contributed by atoms with Crippen LogP contribution >= 0.6 is 0 Å². The molecule has 1 aliphatic rings. The SMILES string of the molecule is COc1cc2c(cc1OC)CN(C(=O)CCc1c(C)[nH]c(=O)c(C#N)c1C)CC2. The van der Waals surface area contributed by atoms with Gasteiger partial charge in [0.05, 0.1) is 14.2 Å². The van der Waals surface area contributed by atoms with Gasteiger partial charge in [0.1, 0.15) is 11.6 Å². The Morgan fingerprint density at radius 3 is 2.48 bits per heavy atom. The molecule has 0 saturated heterocycles. The maximum Gasteiger partial charge on any atom is 0.266 e. The van der Waals surface area contributed by atoms with Gasteiger partial charge in [0.25, 0.3) is 5.56 Å². The Balaban J connectivity index is 1.74. The van der Waals surface area contributed by atoms with E-state index in [2.05, 4.69) is 4.98 Å². The number of carbonyl (C=O) groups excluding carboxylic acids is 1. The third-order valence-electron chi connectivity index (χ3n) is 5.58. The second-order valence-electron chi connectivity index (χ2n) is 7.21. The van der Waals surface area contributed by atoms with Crippen LogP contribution in [0.5, 0.6) is 11.5 Å². The summed E-state index contributed by atoms with van der Waals surface area (Å²) in [6, 6.07) is 5.86. The lowest BCUT2D eigenvalue weighted by atomic mass is 9.97. The van der Waals surface area contributed by atoms with Crippen molar-refractivity contribution in [2.75, 3.05) is 20.8 Å². The van der Waals surface area contributed by atoms with Gasteiger partial charge in [0.2, 0.25) is 5.91 Å². The van der Waals surface area contributed by atoms with E-state index in [9.17, 15) is 14.9 Å². The van der Waals surface area contributed by atoms with Crippen LogP contribution in [-0.4, -0.2) is 36.6 Å². The van der Waals surface area contributed by atoms with Crippen molar-refractivity contribution in [2.45, 2.75) is 39.7 Å². The van der Waals surface area contributed by atoms with Crippen molar-refractivity contribution in [1.82, 2.24) is 9.88 Å². The van der Waals surface area contributed by atoms with E-state index in [0.717, 1.165) is 23.1 Å². The predicted octanol–water partition coefficient (Wildman–Crippen LogP) is 2.40. The predicted molar refractivity (Wildman–Crippen MR) is 108 cm³/mol. The molecule has 0 atom stereocenters. The van der Waals surface area contributed by atoms with Crippen molar-refractivity contribution in [3.63, 3.8) is 0 Å². The third kappa shape index (κ3) is 3.97. The Morgan fingerprint density at radius 2 is 1.86 bits per heavy atom. The van der Waals surface area contributed by atoms with Gasteiger partial charge in [0.15, 0.2) is 11.5 Å². The number of benzene rings is 1. The molecule has 0 fully saturated rings. The van der Waals surface area contributed by atoms with Crippen LogP contribution in [0.3, 0.4) is 0 Å². The first-order valence-corrected chi connectivity index (χ1v) is 9.53. The second-order valence-corrected chi connectivity index (χ2v) is 7.21. The number of nitriles is 1. The fourth-order valence-electron chi connectivity index (χ4n) is 3.91. The number of aromatic amines is 1. The van der Waals surface area contributed by atoms with Crippen molar-refractivity contribution >= 4 is 5.91 Å². The van der Waals surface area contributed by atoms with Crippen molar-refractivity contribution in [3.8, 4) is 17.6 Å². The number of fused-ring (bicyclic) bond motifs is 1. The molecule has 0 bridgehead atoms. The minimum atomic E-state index is -0.380. The van der Waals surface area contributed by atoms with Crippen molar-refractivity contribution in [1.29, 1.82) is 5.26 Å². The molecule has 0 saturated carbocycles. The van der Waals surface area contributed by atoms with Crippen LogP contribution in [0, 0.1) is 25.2 Å². The zero-order valence-electron chi connectivity index (χ0n) is 17.2. The number of aromatic nitrogens is 1. The molecule has 0 aliphatic carbocycles. The minimum Gasteiger partial charge on any atom is -0.493 e. The largest absolute Gasteiger partial charge is 0.493 e. The molecule has 3 rings (SSSR count). The molecule has 1 N–H and O–H groups in total.